The molecule has 2 rings (SSSR count). The normalized spacial score (nSPS) is 9.96. The van der Waals surface area contributed by atoms with Crippen LogP contribution in [0.2, 0.25) is 0 Å². The summed E-state index contributed by atoms with van der Waals surface area (Å²) in [6.07, 6.45) is 0. The lowest BCUT2D eigenvalue weighted by atomic mass is 10.2. The molecule has 130 valence electrons. The smallest absolute Gasteiger partial charge is 0.251 e. The van der Waals surface area contributed by atoms with Gasteiger partial charge in [0.1, 0.15) is 5.82 Å². The van der Waals surface area contributed by atoms with Gasteiger partial charge in [0.2, 0.25) is 5.91 Å². The standard InChI is InChI=1S/C18H18FN3O3/c19-15-8-6-14(7-9-15)17(24)21-11-10-20-16(23)12-22-18(25)13-4-2-1-3-5-13/h1-9H,10-12H2,(H,20,23)(H,21,24)(H,22,25). The highest BCUT2D eigenvalue weighted by atomic mass is 19.1. The van der Waals surface area contributed by atoms with Gasteiger partial charge in [-0.1, -0.05) is 18.2 Å². The van der Waals surface area contributed by atoms with Crippen molar-refractivity contribution in [3.63, 3.8) is 0 Å². The monoisotopic (exact) mass is 343 g/mol. The van der Waals surface area contributed by atoms with Gasteiger partial charge in [-0.05, 0) is 36.4 Å². The summed E-state index contributed by atoms with van der Waals surface area (Å²) in [4.78, 5) is 35.2. The molecule has 0 heterocycles. The van der Waals surface area contributed by atoms with Crippen LogP contribution in [-0.2, 0) is 4.79 Å². The van der Waals surface area contributed by atoms with E-state index in [4.69, 9.17) is 0 Å². The zero-order chi connectivity index (χ0) is 18.1. The van der Waals surface area contributed by atoms with Gasteiger partial charge in [0.25, 0.3) is 11.8 Å². The zero-order valence-corrected chi connectivity index (χ0v) is 13.4. The Labute approximate surface area is 144 Å². The molecule has 0 aliphatic heterocycles. The predicted molar refractivity (Wildman–Crippen MR) is 90.5 cm³/mol. The van der Waals surface area contributed by atoms with Gasteiger partial charge in [-0.15, -0.1) is 0 Å². The van der Waals surface area contributed by atoms with Crippen LogP contribution < -0.4 is 16.0 Å². The molecule has 2 aromatic carbocycles. The molecule has 25 heavy (non-hydrogen) atoms. The largest absolute Gasteiger partial charge is 0.353 e. The van der Waals surface area contributed by atoms with Gasteiger partial charge >= 0.3 is 0 Å². The average Bonchev–Trinajstić information content (AvgIpc) is 2.64. The van der Waals surface area contributed by atoms with Gasteiger partial charge in [-0.3, -0.25) is 14.4 Å². The average molecular weight is 343 g/mol. The van der Waals surface area contributed by atoms with Crippen molar-refractivity contribution in [1.29, 1.82) is 0 Å². The highest BCUT2D eigenvalue weighted by Gasteiger charge is 2.08. The Morgan fingerprint density at radius 2 is 1.28 bits per heavy atom. The number of hydrogen-bond donors (Lipinski definition) is 3. The molecule has 3 amide bonds. The lowest BCUT2D eigenvalue weighted by Gasteiger charge is -2.08. The number of benzene rings is 2. The second-order valence-corrected chi connectivity index (χ2v) is 5.16. The fourth-order valence-electron chi connectivity index (χ4n) is 2.00. The van der Waals surface area contributed by atoms with Crippen LogP contribution in [0.15, 0.2) is 54.6 Å². The molecule has 0 fully saturated rings. The maximum atomic E-state index is 12.8. The quantitative estimate of drug-likeness (QED) is 0.658. The third-order valence-corrected chi connectivity index (χ3v) is 3.28. The lowest BCUT2D eigenvalue weighted by molar-refractivity contribution is -0.120. The molecule has 0 saturated heterocycles. The van der Waals surface area contributed by atoms with E-state index in [9.17, 15) is 18.8 Å². The summed E-state index contributed by atoms with van der Waals surface area (Å²) in [5.41, 5.74) is 0.810. The van der Waals surface area contributed by atoms with E-state index >= 15 is 0 Å². The summed E-state index contributed by atoms with van der Waals surface area (Å²) in [7, 11) is 0. The molecule has 2 aromatic rings. The van der Waals surface area contributed by atoms with E-state index in [0.29, 0.717) is 11.1 Å². The van der Waals surface area contributed by atoms with Crippen LogP contribution >= 0.6 is 0 Å². The zero-order valence-electron chi connectivity index (χ0n) is 13.4. The number of amides is 3. The van der Waals surface area contributed by atoms with Gasteiger partial charge in [-0.25, -0.2) is 4.39 Å². The molecule has 0 radical (unpaired) electrons. The van der Waals surface area contributed by atoms with Gasteiger partial charge in [0.15, 0.2) is 0 Å². The molecule has 0 atom stereocenters. The van der Waals surface area contributed by atoms with Crippen LogP contribution in [0.4, 0.5) is 4.39 Å². The molecule has 0 saturated carbocycles. The van der Waals surface area contributed by atoms with E-state index < -0.39 is 5.82 Å². The third-order valence-electron chi connectivity index (χ3n) is 3.28. The van der Waals surface area contributed by atoms with E-state index in [-0.39, 0.29) is 37.4 Å². The first kappa shape index (κ1) is 18.1. The van der Waals surface area contributed by atoms with Crippen LogP contribution in [-0.4, -0.2) is 37.4 Å². The first-order chi connectivity index (χ1) is 12.1. The van der Waals surface area contributed by atoms with Crippen molar-refractivity contribution >= 4 is 17.7 Å². The van der Waals surface area contributed by atoms with Crippen molar-refractivity contribution in [2.75, 3.05) is 19.6 Å². The number of carbonyl (C=O) groups is 3. The third kappa shape index (κ3) is 6.06. The number of halogens is 1. The summed E-state index contributed by atoms with van der Waals surface area (Å²) in [6, 6.07) is 13.7. The number of rotatable bonds is 7. The summed E-state index contributed by atoms with van der Waals surface area (Å²) in [6.45, 7) is 0.279. The fourth-order valence-corrected chi connectivity index (χ4v) is 2.00. The molecule has 0 aliphatic rings. The Kier molecular flexibility index (Phi) is 6.65. The van der Waals surface area contributed by atoms with Gasteiger partial charge < -0.3 is 16.0 Å². The van der Waals surface area contributed by atoms with E-state index in [2.05, 4.69) is 16.0 Å². The van der Waals surface area contributed by atoms with Gasteiger partial charge in [0.05, 0.1) is 6.54 Å². The van der Waals surface area contributed by atoms with E-state index in [1.807, 2.05) is 0 Å². The van der Waals surface area contributed by atoms with Crippen LogP contribution in [0.25, 0.3) is 0 Å². The topological polar surface area (TPSA) is 87.3 Å². The lowest BCUT2D eigenvalue weighted by Crippen LogP contribution is -2.40. The minimum absolute atomic E-state index is 0.153. The summed E-state index contributed by atoms with van der Waals surface area (Å²) in [5, 5.41) is 7.68. The Hall–Kier alpha value is -3.22. The molecule has 6 nitrogen and oxygen atoms in total. The Morgan fingerprint density at radius 3 is 1.96 bits per heavy atom. The molecule has 7 heteroatoms. The van der Waals surface area contributed by atoms with Crippen molar-refractivity contribution in [3.05, 3.63) is 71.5 Å². The van der Waals surface area contributed by atoms with Crippen LogP contribution in [0.3, 0.4) is 0 Å². The van der Waals surface area contributed by atoms with Crippen molar-refractivity contribution in [2.24, 2.45) is 0 Å². The highest BCUT2D eigenvalue weighted by molar-refractivity contribution is 5.96. The summed E-state index contributed by atoms with van der Waals surface area (Å²) >= 11 is 0. The molecule has 0 aromatic heterocycles. The molecule has 0 bridgehead atoms. The predicted octanol–water partition coefficient (Wildman–Crippen LogP) is 1.10. The minimum Gasteiger partial charge on any atom is -0.353 e. The van der Waals surface area contributed by atoms with Gasteiger partial charge in [-0.2, -0.15) is 0 Å². The van der Waals surface area contributed by atoms with Crippen molar-refractivity contribution in [2.45, 2.75) is 0 Å². The van der Waals surface area contributed by atoms with Crippen LogP contribution in [0, 0.1) is 5.82 Å². The first-order valence-corrected chi connectivity index (χ1v) is 7.70. The van der Waals surface area contributed by atoms with E-state index in [1.54, 1.807) is 30.3 Å². The van der Waals surface area contributed by atoms with Gasteiger partial charge in [0, 0.05) is 24.2 Å². The van der Waals surface area contributed by atoms with Crippen LogP contribution in [0.5, 0.6) is 0 Å². The molecular formula is C18H18FN3O3. The summed E-state index contributed by atoms with van der Waals surface area (Å²) < 4.78 is 12.8. The second-order valence-electron chi connectivity index (χ2n) is 5.16. The Bertz CT molecular complexity index is 733. The molecule has 0 spiro atoms. The molecule has 0 unspecified atom stereocenters. The van der Waals surface area contributed by atoms with Crippen molar-refractivity contribution in [3.8, 4) is 0 Å². The Balaban J connectivity index is 1.63. The number of hydrogen-bond acceptors (Lipinski definition) is 3. The van der Waals surface area contributed by atoms with E-state index in [0.717, 1.165) is 0 Å². The molecular weight excluding hydrogens is 325 g/mol. The fraction of sp³-hybridized carbons (Fsp3) is 0.167. The second kappa shape index (κ2) is 9.17. The minimum atomic E-state index is -0.415. The number of nitrogens with one attached hydrogen (secondary N) is 3. The Morgan fingerprint density at radius 1 is 0.720 bits per heavy atom. The van der Waals surface area contributed by atoms with E-state index in [1.165, 1.54) is 24.3 Å². The SMILES string of the molecule is O=C(CNC(=O)c1ccccc1)NCCNC(=O)c1ccc(F)cc1. The van der Waals surface area contributed by atoms with Crippen LogP contribution in [0.1, 0.15) is 20.7 Å². The molecule has 3 N–H and O–H groups in total. The number of carbonyl (C=O) groups excluding carboxylic acids is 3. The highest BCUT2D eigenvalue weighted by Crippen LogP contribution is 2.02. The maximum Gasteiger partial charge on any atom is 0.251 e. The van der Waals surface area contributed by atoms with Crippen molar-refractivity contribution < 1.29 is 18.8 Å². The molecule has 0 aliphatic carbocycles. The maximum absolute atomic E-state index is 12.8. The first-order valence-electron chi connectivity index (χ1n) is 7.70. The van der Waals surface area contributed by atoms with Crippen molar-refractivity contribution in [1.82, 2.24) is 16.0 Å². The summed E-state index contributed by atoms with van der Waals surface area (Å²) in [5.74, 6) is -1.46.